The molecule has 0 spiro atoms. The maximum absolute atomic E-state index is 12.1. The van der Waals surface area contributed by atoms with Crippen LogP contribution in [-0.4, -0.2) is 37.4 Å². The van der Waals surface area contributed by atoms with Gasteiger partial charge in [0.25, 0.3) is 0 Å². The molecule has 0 aromatic rings. The van der Waals surface area contributed by atoms with Crippen molar-refractivity contribution >= 4 is 21.9 Å². The maximum Gasteiger partial charge on any atom is 0.305 e. The van der Waals surface area contributed by atoms with Crippen LogP contribution < -0.4 is 0 Å². The molecule has 0 rings (SSSR count). The van der Waals surface area contributed by atoms with Gasteiger partial charge in [0.1, 0.15) is 0 Å². The first-order chi connectivity index (χ1) is 16.7. The summed E-state index contributed by atoms with van der Waals surface area (Å²) in [6.07, 6.45) is 27.1. The van der Waals surface area contributed by atoms with Crippen LogP contribution in [-0.2, 0) is 19.0 Å². The minimum Gasteiger partial charge on any atom is -0.466 e. The minimum atomic E-state index is -0.383. The molecule has 0 fully saturated rings. The molecule has 5 heteroatoms. The highest BCUT2D eigenvalue weighted by Gasteiger charge is 2.12. The van der Waals surface area contributed by atoms with E-state index in [1.165, 1.54) is 70.6 Å². The highest BCUT2D eigenvalue weighted by Crippen LogP contribution is 2.09. The first-order valence-corrected chi connectivity index (χ1v) is 15.1. The van der Waals surface area contributed by atoms with Crippen LogP contribution in [0.3, 0.4) is 0 Å². The van der Waals surface area contributed by atoms with Gasteiger partial charge in [-0.05, 0) is 38.5 Å². The van der Waals surface area contributed by atoms with E-state index in [1.807, 2.05) is 0 Å². The summed E-state index contributed by atoms with van der Waals surface area (Å²) in [5.74, 6) is -0.157. The Labute approximate surface area is 219 Å². The maximum atomic E-state index is 12.1. The zero-order valence-electron chi connectivity index (χ0n) is 22.2. The second kappa shape index (κ2) is 28.6. The number of carbonyl (C=O) groups excluding carboxylic acids is 1. The van der Waals surface area contributed by atoms with Crippen LogP contribution in [0.25, 0.3) is 0 Å². The van der Waals surface area contributed by atoms with Gasteiger partial charge in [0.15, 0.2) is 6.29 Å². The molecule has 0 N–H and O–H groups in total. The van der Waals surface area contributed by atoms with Crippen molar-refractivity contribution in [1.82, 2.24) is 0 Å². The summed E-state index contributed by atoms with van der Waals surface area (Å²) in [7, 11) is 0. The molecule has 0 saturated carbocycles. The monoisotopic (exact) mass is 544 g/mol. The Morgan fingerprint density at radius 3 is 1.79 bits per heavy atom. The van der Waals surface area contributed by atoms with Crippen molar-refractivity contribution in [2.24, 2.45) is 0 Å². The Bertz CT molecular complexity index is 453. The Morgan fingerprint density at radius 2 is 1.24 bits per heavy atom. The molecule has 0 amide bonds. The third-order valence-electron chi connectivity index (χ3n) is 5.66. The molecule has 0 aromatic carbocycles. The lowest BCUT2D eigenvalue weighted by molar-refractivity contribution is -0.153. The van der Waals surface area contributed by atoms with Crippen molar-refractivity contribution in [2.45, 2.75) is 129 Å². The Hall–Kier alpha value is -0.650. The van der Waals surface area contributed by atoms with Crippen LogP contribution in [0.4, 0.5) is 0 Å². The predicted octanol–water partition coefficient (Wildman–Crippen LogP) is 9.07. The molecule has 0 aliphatic carbocycles. The first kappa shape index (κ1) is 33.4. The molecular weight excluding hydrogens is 492 g/mol. The van der Waals surface area contributed by atoms with Gasteiger partial charge in [-0.15, -0.1) is 0 Å². The summed E-state index contributed by atoms with van der Waals surface area (Å²) in [6.45, 7) is 6.01. The summed E-state index contributed by atoms with van der Waals surface area (Å²) in [6, 6.07) is 0. The van der Waals surface area contributed by atoms with Crippen molar-refractivity contribution in [2.75, 3.05) is 25.2 Å². The van der Waals surface area contributed by atoms with Crippen molar-refractivity contribution in [3.8, 4) is 0 Å². The van der Waals surface area contributed by atoms with Crippen LogP contribution in [0.1, 0.15) is 123 Å². The fraction of sp³-hybridized carbons (Fsp3) is 0.828. The molecule has 0 bridgehead atoms. The lowest BCUT2D eigenvalue weighted by Crippen LogP contribution is -2.20. The van der Waals surface area contributed by atoms with Crippen molar-refractivity contribution < 1.29 is 19.0 Å². The number of halogens is 1. The highest BCUT2D eigenvalue weighted by molar-refractivity contribution is 9.09. The van der Waals surface area contributed by atoms with E-state index >= 15 is 0 Å². The largest absolute Gasteiger partial charge is 0.466 e. The number of ether oxygens (including phenoxy) is 3. The minimum absolute atomic E-state index is 0.157. The first-order valence-electron chi connectivity index (χ1n) is 14.0. The van der Waals surface area contributed by atoms with Crippen molar-refractivity contribution in [1.29, 1.82) is 0 Å². The van der Waals surface area contributed by atoms with Gasteiger partial charge in [-0.3, -0.25) is 4.79 Å². The highest BCUT2D eigenvalue weighted by atomic mass is 79.9. The smallest absolute Gasteiger partial charge is 0.305 e. The zero-order chi connectivity index (χ0) is 25.0. The van der Waals surface area contributed by atoms with E-state index in [2.05, 4.69) is 54.1 Å². The van der Waals surface area contributed by atoms with E-state index < -0.39 is 0 Å². The second-order valence-electron chi connectivity index (χ2n) is 8.95. The average molecular weight is 546 g/mol. The second-order valence-corrected chi connectivity index (χ2v) is 9.75. The molecule has 0 radical (unpaired) electrons. The average Bonchev–Trinajstić information content (AvgIpc) is 2.84. The normalized spacial score (nSPS) is 11.9. The van der Waals surface area contributed by atoms with Crippen LogP contribution >= 0.6 is 15.9 Å². The Kier molecular flexibility index (Phi) is 28.0. The molecule has 200 valence electrons. The van der Waals surface area contributed by atoms with Gasteiger partial charge in [-0.2, -0.15) is 0 Å². The number of carbonyl (C=O) groups is 1. The molecular formula is C29H53BrO4. The van der Waals surface area contributed by atoms with Gasteiger partial charge < -0.3 is 14.2 Å². The number of hydrogen-bond donors (Lipinski definition) is 0. The molecule has 34 heavy (non-hydrogen) atoms. The van der Waals surface area contributed by atoms with Gasteiger partial charge in [0.05, 0.1) is 26.2 Å². The van der Waals surface area contributed by atoms with E-state index in [1.54, 1.807) is 0 Å². The third-order valence-corrected chi connectivity index (χ3v) is 6.22. The molecule has 0 aliphatic heterocycles. The van der Waals surface area contributed by atoms with Gasteiger partial charge in [-0.1, -0.05) is 112 Å². The van der Waals surface area contributed by atoms with E-state index in [4.69, 9.17) is 14.2 Å². The van der Waals surface area contributed by atoms with Gasteiger partial charge in [-0.25, -0.2) is 0 Å². The van der Waals surface area contributed by atoms with E-state index in [-0.39, 0.29) is 12.3 Å². The van der Waals surface area contributed by atoms with Crippen LogP contribution in [0.2, 0.25) is 0 Å². The third kappa shape index (κ3) is 26.0. The lowest BCUT2D eigenvalue weighted by Gasteiger charge is -2.16. The Balaban J connectivity index is 4.16. The predicted molar refractivity (Wildman–Crippen MR) is 149 cm³/mol. The lowest BCUT2D eigenvalue weighted by atomic mass is 10.1. The molecule has 0 atom stereocenters. The number of rotatable bonds is 26. The quantitative estimate of drug-likeness (QED) is 0.0358. The number of allylic oxidation sites excluding steroid dienone is 2. The van der Waals surface area contributed by atoms with E-state index in [0.717, 1.165) is 31.0 Å². The molecule has 0 unspecified atom stereocenters. The summed E-state index contributed by atoms with van der Waals surface area (Å²) >= 11 is 3.45. The van der Waals surface area contributed by atoms with Crippen molar-refractivity contribution in [3.05, 3.63) is 24.3 Å². The van der Waals surface area contributed by atoms with Crippen molar-refractivity contribution in [3.63, 3.8) is 0 Å². The molecule has 0 aromatic heterocycles. The standard InChI is InChI=1S/C29H53BrO4/c1-3-5-7-9-11-15-20-26-33-29(34-27-21-16-12-10-8-6-4-2)23-22-28(31)32-25-19-17-13-14-18-24-30/h15-16,20-21,29H,3-14,17-19,22-27H2,1-2H3/b20-15-,21-16-. The zero-order valence-corrected chi connectivity index (χ0v) is 23.8. The summed E-state index contributed by atoms with van der Waals surface area (Å²) in [5.41, 5.74) is 0. The number of unbranched alkanes of at least 4 members (excludes halogenated alkanes) is 12. The molecule has 0 saturated heterocycles. The summed E-state index contributed by atoms with van der Waals surface area (Å²) in [4.78, 5) is 12.1. The fourth-order valence-corrected chi connectivity index (χ4v) is 3.91. The number of esters is 1. The summed E-state index contributed by atoms with van der Waals surface area (Å²) < 4.78 is 17.2. The van der Waals surface area contributed by atoms with Crippen LogP contribution in [0, 0.1) is 0 Å². The van der Waals surface area contributed by atoms with Gasteiger partial charge in [0.2, 0.25) is 0 Å². The molecule has 0 heterocycles. The number of hydrogen-bond acceptors (Lipinski definition) is 4. The molecule has 4 nitrogen and oxygen atoms in total. The fourth-order valence-electron chi connectivity index (χ4n) is 3.51. The molecule has 0 aliphatic rings. The summed E-state index contributed by atoms with van der Waals surface area (Å²) in [5, 5.41) is 1.07. The topological polar surface area (TPSA) is 44.8 Å². The van der Waals surface area contributed by atoms with E-state index in [0.29, 0.717) is 32.7 Å². The van der Waals surface area contributed by atoms with Crippen LogP contribution in [0.5, 0.6) is 0 Å². The number of alkyl halides is 1. The van der Waals surface area contributed by atoms with Crippen LogP contribution in [0.15, 0.2) is 24.3 Å². The Morgan fingerprint density at radius 1 is 0.706 bits per heavy atom. The SMILES string of the molecule is CCCCCC/C=C\COC(CCC(=O)OCCCCCCCBr)OC/C=C\CCCCCC. The van der Waals surface area contributed by atoms with Gasteiger partial charge in [0, 0.05) is 11.8 Å². The van der Waals surface area contributed by atoms with E-state index in [9.17, 15) is 4.79 Å². The van der Waals surface area contributed by atoms with Gasteiger partial charge >= 0.3 is 5.97 Å².